The summed E-state index contributed by atoms with van der Waals surface area (Å²) in [5.41, 5.74) is -1.68. The van der Waals surface area contributed by atoms with E-state index >= 15 is 0 Å². The van der Waals surface area contributed by atoms with E-state index in [-0.39, 0.29) is 17.8 Å². The molecular weight excluding hydrogens is 385 g/mol. The quantitative estimate of drug-likeness (QED) is 0.629. The summed E-state index contributed by atoms with van der Waals surface area (Å²) in [6.07, 6.45) is -4.82. The second kappa shape index (κ2) is 6.71. The smallest absolute Gasteiger partial charge is 0.392 e. The van der Waals surface area contributed by atoms with Gasteiger partial charge in [-0.15, -0.1) is 0 Å². The van der Waals surface area contributed by atoms with Crippen LogP contribution in [0.15, 0.2) is 58.2 Å². The molecule has 27 heavy (non-hydrogen) atoms. The largest absolute Gasteiger partial charge is 0.417 e. The van der Waals surface area contributed by atoms with Gasteiger partial charge in [-0.05, 0) is 35.9 Å². The van der Waals surface area contributed by atoms with E-state index in [1.807, 2.05) is 0 Å². The molecule has 0 aliphatic heterocycles. The van der Waals surface area contributed by atoms with E-state index in [0.29, 0.717) is 11.6 Å². The number of hydrogen-bond donors (Lipinski definition) is 3. The Kier molecular flexibility index (Phi) is 4.70. The second-order valence-electron chi connectivity index (χ2n) is 5.72. The molecule has 3 N–H and O–H groups in total. The average molecular weight is 398 g/mol. The van der Waals surface area contributed by atoms with Crippen molar-refractivity contribution in [2.24, 2.45) is 0 Å². The molecular formula is C17H13F3N2O4S. The summed E-state index contributed by atoms with van der Waals surface area (Å²) in [7, 11) is -4.19. The summed E-state index contributed by atoms with van der Waals surface area (Å²) in [6.45, 7) is -0.298. The van der Waals surface area contributed by atoms with Crippen molar-refractivity contribution in [3.63, 3.8) is 0 Å². The minimum atomic E-state index is -4.82. The maximum absolute atomic E-state index is 13.2. The fraction of sp³-hybridized carbons (Fsp3) is 0.118. The number of aliphatic hydroxyl groups excluding tert-OH is 1. The molecule has 0 aliphatic rings. The SMILES string of the molecule is O=c1cc(C(F)(F)F)c2cc(S(=O)(=O)Nc3cccc(CO)c3)ccc2[nH]1. The number of H-pyrrole nitrogens is 1. The van der Waals surface area contributed by atoms with Gasteiger partial charge in [-0.25, -0.2) is 8.42 Å². The number of aromatic nitrogens is 1. The monoisotopic (exact) mass is 398 g/mol. The minimum absolute atomic E-state index is 0.129. The molecule has 6 nitrogen and oxygen atoms in total. The number of benzene rings is 2. The van der Waals surface area contributed by atoms with Gasteiger partial charge in [0.25, 0.3) is 10.0 Å². The normalized spacial score (nSPS) is 12.3. The zero-order chi connectivity index (χ0) is 19.8. The molecule has 0 atom stereocenters. The van der Waals surface area contributed by atoms with Gasteiger partial charge in [0, 0.05) is 22.7 Å². The van der Waals surface area contributed by atoms with Crippen LogP contribution in [0.2, 0.25) is 0 Å². The molecule has 0 bridgehead atoms. The Morgan fingerprint density at radius 3 is 2.48 bits per heavy atom. The third-order valence-corrected chi connectivity index (χ3v) is 5.17. The number of anilines is 1. The van der Waals surface area contributed by atoms with Crippen LogP contribution in [0.4, 0.5) is 18.9 Å². The van der Waals surface area contributed by atoms with Crippen LogP contribution in [0.25, 0.3) is 10.9 Å². The summed E-state index contributed by atoms with van der Waals surface area (Å²) < 4.78 is 67.0. The van der Waals surface area contributed by atoms with Crippen LogP contribution in [-0.2, 0) is 22.8 Å². The maximum Gasteiger partial charge on any atom is 0.417 e. The number of nitrogens with one attached hydrogen (secondary N) is 2. The first kappa shape index (κ1) is 18.9. The molecule has 0 saturated carbocycles. The van der Waals surface area contributed by atoms with Gasteiger partial charge in [-0.1, -0.05) is 12.1 Å². The van der Waals surface area contributed by atoms with Crippen molar-refractivity contribution in [1.29, 1.82) is 0 Å². The average Bonchev–Trinajstić information content (AvgIpc) is 2.59. The summed E-state index contributed by atoms with van der Waals surface area (Å²) >= 11 is 0. The van der Waals surface area contributed by atoms with E-state index in [9.17, 15) is 26.4 Å². The molecule has 142 valence electrons. The highest BCUT2D eigenvalue weighted by atomic mass is 32.2. The lowest BCUT2D eigenvalue weighted by Crippen LogP contribution is -2.16. The summed E-state index contributed by atoms with van der Waals surface area (Å²) in [5.74, 6) is 0. The molecule has 0 unspecified atom stereocenters. The van der Waals surface area contributed by atoms with Crippen molar-refractivity contribution in [2.75, 3.05) is 4.72 Å². The number of hydrogen-bond acceptors (Lipinski definition) is 4. The highest BCUT2D eigenvalue weighted by Crippen LogP contribution is 2.34. The first-order valence-electron chi connectivity index (χ1n) is 7.57. The molecule has 0 fully saturated rings. The van der Waals surface area contributed by atoms with Gasteiger partial charge in [0.2, 0.25) is 5.56 Å². The fourth-order valence-corrected chi connectivity index (χ4v) is 3.66. The lowest BCUT2D eigenvalue weighted by atomic mass is 10.1. The molecule has 10 heteroatoms. The first-order valence-corrected chi connectivity index (χ1v) is 9.05. The zero-order valence-electron chi connectivity index (χ0n) is 13.5. The van der Waals surface area contributed by atoms with Gasteiger partial charge in [0.05, 0.1) is 17.1 Å². The van der Waals surface area contributed by atoms with E-state index in [1.54, 1.807) is 6.07 Å². The Labute approximate surface area is 151 Å². The predicted molar refractivity (Wildman–Crippen MR) is 92.7 cm³/mol. The van der Waals surface area contributed by atoms with Crippen LogP contribution in [-0.4, -0.2) is 18.5 Å². The molecule has 0 radical (unpaired) electrons. The number of alkyl halides is 3. The van der Waals surface area contributed by atoms with Gasteiger partial charge >= 0.3 is 6.18 Å². The van der Waals surface area contributed by atoms with Crippen molar-refractivity contribution < 1.29 is 26.7 Å². The van der Waals surface area contributed by atoms with E-state index < -0.39 is 37.6 Å². The van der Waals surface area contributed by atoms with E-state index in [4.69, 9.17) is 5.11 Å². The Balaban J connectivity index is 2.10. The molecule has 0 aliphatic carbocycles. The van der Waals surface area contributed by atoms with Crippen LogP contribution in [0.3, 0.4) is 0 Å². The highest BCUT2D eigenvalue weighted by Gasteiger charge is 2.33. The number of halogens is 3. The Hall–Kier alpha value is -2.85. The summed E-state index contributed by atoms with van der Waals surface area (Å²) in [4.78, 5) is 13.3. The first-order chi connectivity index (χ1) is 12.6. The van der Waals surface area contributed by atoms with Gasteiger partial charge in [-0.3, -0.25) is 9.52 Å². The van der Waals surface area contributed by atoms with Gasteiger partial charge in [-0.2, -0.15) is 13.2 Å². The van der Waals surface area contributed by atoms with Crippen molar-refractivity contribution in [1.82, 2.24) is 4.98 Å². The van der Waals surface area contributed by atoms with Crippen molar-refractivity contribution >= 4 is 26.6 Å². The fourth-order valence-electron chi connectivity index (χ4n) is 2.58. The second-order valence-corrected chi connectivity index (χ2v) is 7.40. The van der Waals surface area contributed by atoms with Crippen LogP contribution in [0, 0.1) is 0 Å². The number of aliphatic hydroxyl groups is 1. The van der Waals surface area contributed by atoms with E-state index in [0.717, 1.165) is 18.2 Å². The number of fused-ring (bicyclic) bond motifs is 1. The van der Waals surface area contributed by atoms with Gasteiger partial charge in [0.15, 0.2) is 0 Å². The third-order valence-electron chi connectivity index (χ3n) is 3.79. The predicted octanol–water partition coefficient (Wildman–Crippen LogP) is 2.84. The molecule has 0 spiro atoms. The summed E-state index contributed by atoms with van der Waals surface area (Å²) in [5, 5.41) is 8.68. The molecule has 0 amide bonds. The van der Waals surface area contributed by atoms with Crippen molar-refractivity contribution in [3.05, 3.63) is 70.0 Å². The maximum atomic E-state index is 13.2. The van der Waals surface area contributed by atoms with Crippen molar-refractivity contribution in [2.45, 2.75) is 17.7 Å². The molecule has 1 heterocycles. The van der Waals surface area contributed by atoms with Crippen LogP contribution in [0.5, 0.6) is 0 Å². The van der Waals surface area contributed by atoms with Crippen molar-refractivity contribution in [3.8, 4) is 0 Å². The number of rotatable bonds is 4. The Morgan fingerprint density at radius 1 is 1.07 bits per heavy atom. The zero-order valence-corrected chi connectivity index (χ0v) is 14.4. The van der Waals surface area contributed by atoms with E-state index in [2.05, 4.69) is 9.71 Å². The lowest BCUT2D eigenvalue weighted by molar-refractivity contribution is -0.136. The molecule has 1 aromatic heterocycles. The topological polar surface area (TPSA) is 99.3 Å². The number of pyridine rings is 1. The molecule has 2 aromatic carbocycles. The highest BCUT2D eigenvalue weighted by molar-refractivity contribution is 7.92. The summed E-state index contributed by atoms with van der Waals surface area (Å²) in [6, 6.07) is 9.38. The molecule has 0 saturated heterocycles. The van der Waals surface area contributed by atoms with Crippen LogP contribution >= 0.6 is 0 Å². The van der Waals surface area contributed by atoms with Gasteiger partial charge < -0.3 is 10.1 Å². The standard InChI is InChI=1S/C17H13F3N2O4S/c18-17(19,20)14-8-16(24)21-15-5-4-12(7-13(14)15)27(25,26)22-11-3-1-2-10(6-11)9-23/h1-8,22-23H,9H2,(H,21,24). The number of sulfonamides is 1. The molecule has 3 aromatic rings. The Bertz CT molecular complexity index is 1170. The van der Waals surface area contributed by atoms with E-state index in [1.165, 1.54) is 18.2 Å². The minimum Gasteiger partial charge on any atom is -0.392 e. The Morgan fingerprint density at radius 2 is 1.81 bits per heavy atom. The lowest BCUT2D eigenvalue weighted by Gasteiger charge is -2.13. The van der Waals surface area contributed by atoms with Crippen LogP contribution in [0.1, 0.15) is 11.1 Å². The van der Waals surface area contributed by atoms with Crippen LogP contribution < -0.4 is 10.3 Å². The third kappa shape index (κ3) is 3.96. The number of aromatic amines is 1. The van der Waals surface area contributed by atoms with Gasteiger partial charge in [0.1, 0.15) is 0 Å². The molecule has 3 rings (SSSR count).